The van der Waals surface area contributed by atoms with Crippen molar-refractivity contribution in [3.8, 4) is 5.75 Å². The Balaban J connectivity index is 0.000000259. The molecule has 32 nitrogen and oxygen atoms in total. The minimum Gasteiger partial charge on any atom is -0.496 e. The molecule has 1 saturated carbocycles. The zero-order chi connectivity index (χ0) is 110. The number of hydroxylamine groups is 2. The maximum atomic E-state index is 13.7. The number of aryl methyl sites for hydroxylation is 2. The number of imidazole rings is 1. The van der Waals surface area contributed by atoms with Gasteiger partial charge in [-0.2, -0.15) is 23.4 Å². The zero-order valence-electron chi connectivity index (χ0n) is 87.4. The molecule has 12 rings (SSSR count). The molecule has 3 aliphatic carbocycles. The number of ketones is 3. The lowest BCUT2D eigenvalue weighted by Crippen LogP contribution is -2.82. The number of nitrogen functional groups attached to an aromatic ring is 1. The molecule has 3 unspecified atom stereocenters. The summed E-state index contributed by atoms with van der Waals surface area (Å²) in [5, 5.41) is 43.0. The summed E-state index contributed by atoms with van der Waals surface area (Å²) in [5.41, 5.74) is 16.0. The van der Waals surface area contributed by atoms with Crippen LogP contribution >= 0.6 is 56.3 Å². The molecule has 2 bridgehead atoms. The molecular weight excluding hydrogens is 2140 g/mol. The SMILES string of the molecule is C.CC(C)CC(CC(=O)[C@H](Cc1ccccc1)NC(=O)c1cnccn1)N(C)O.CO[C@H]1/C=C\C=C(/C)C(=O)NC2=CC(=O)C(CCCN(C)C)=C(C[C@@H](C)C[C@H](OC)[C@H](O)[C@@H](C)/C=C(\C)[C@@H]1OC(C)=O)C2=O.COc1c(C)cnc(Cn2cnc3c(Cl)nc(N)nc32)c1C.CS(=O)(=O)OCC1C[C@@H](n2ccc3c(NC4CCc5ccccc54)ncnc32)C[C@@H]1O.[B]B([B])B([B])B(B(B([B])[B])B([B])[B])B(B(I)I)B(B([B])[B])B([B])[B]. The Bertz CT molecular complexity index is 6080. The number of ether oxygens (including phenoxy) is 4. The van der Waals surface area contributed by atoms with Gasteiger partial charge in [-0.3, -0.25) is 42.9 Å². The maximum Gasteiger partial charge on any atom is 0.303 e. The van der Waals surface area contributed by atoms with E-state index in [0.29, 0.717) is 90.9 Å². The number of halogens is 3. The molecule has 1 aliphatic heterocycles. The summed E-state index contributed by atoms with van der Waals surface area (Å²) >= 11 is 10.4. The Morgan fingerprint density at radius 2 is 1.46 bits per heavy atom. The van der Waals surface area contributed by atoms with E-state index in [1.54, 1.807) is 65.1 Å². The van der Waals surface area contributed by atoms with E-state index in [1.807, 2.05) is 114 Å². The number of fused-ring (bicyclic) bond motifs is 5. The van der Waals surface area contributed by atoms with Gasteiger partial charge >= 0.3 is 5.97 Å². The number of nitrogens with one attached hydrogen (secondary N) is 3. The molecule has 22 radical (unpaired) electrons. The van der Waals surface area contributed by atoms with Gasteiger partial charge in [0.05, 0.1) is 86.2 Å². The topological polar surface area (TPSA) is 425 Å². The van der Waals surface area contributed by atoms with E-state index in [0.717, 1.165) is 75.7 Å². The summed E-state index contributed by atoms with van der Waals surface area (Å²) in [6, 6.07) is 19.2. The van der Waals surface area contributed by atoms with Gasteiger partial charge in [0.1, 0.15) is 40.9 Å². The summed E-state index contributed by atoms with van der Waals surface area (Å²) in [7, 11) is 71.9. The number of aromatic nitrogens is 10. The zero-order valence-corrected chi connectivity index (χ0v) is 93.3. The number of benzene rings is 2. The van der Waals surface area contributed by atoms with Crippen LogP contribution in [0.4, 0.5) is 11.8 Å². The number of pyridine rings is 1. The standard InChI is InChI=1S/C34H50N2O8.C22H26N4O4S.C21H28N4O3.C14H15ClN6O.CH4.B22I2/c1-20-16-26-25(13-11-15-36(6)7)28(38)19-27(32(26)40)35-34(41)21(2)12-10-14-29(42-8)33(44-24(5)37)23(4)18-22(3)31(39)30(17-20)43-9;1-31(28,29)30-12-15-10-16(11-20(15)27)26-9-8-18-21(23-13-24-22(18)26)25-19-7-6-14-4-2-3-5-17(14)19;1-15(2)11-17(25(3)28)13-20(26)18(12-16-7-5-4-6-8-16)24-21(27)19-14-22-9-10-23-19;1-7-4-17-9(8(2)11(7)22-3)5-21-6-18-10-12(15)19-14(16)20-13(10)21;;1-12(2)17(11)20(18(13(3)4)14(5)6)21(22(23)24)19(15(7)8)16(9)10/h10,12,14,18-20,22,29-31,33,39H,11,13,15-17H2,1-9H3,(H,35,41);2-5,8-9,13,15-16,19-20,27H,6-7,10-12H2,1H3,(H,23,24,25);4-10,14-15,17-18,28H,11-13H2,1-3H3,(H,24,27);4,6H,5H2,1-3H3,(H2,16,19,20);1H4;/b14-10-,21-12+,23-18+;;;;;/t20-,22+,29+,30+,31-,33+;15?,16-,19?,20+;17?,18-;;;/m110.../s1. The third-order valence-corrected chi connectivity index (χ3v) is 29.2. The van der Waals surface area contributed by atoms with Crippen LogP contribution in [-0.4, -0.2) is 374 Å². The fourth-order valence-electron chi connectivity index (χ4n) is 19.1. The van der Waals surface area contributed by atoms with Gasteiger partial charge in [-0.1, -0.05) is 126 Å². The first kappa shape index (κ1) is 129. The van der Waals surface area contributed by atoms with E-state index in [2.05, 4.69) is 129 Å². The van der Waals surface area contributed by atoms with Crippen molar-refractivity contribution in [2.75, 3.05) is 72.9 Å². The van der Waals surface area contributed by atoms with Crippen molar-refractivity contribution >= 4 is 287 Å². The van der Waals surface area contributed by atoms with E-state index in [4.69, 9.17) is 126 Å². The first-order valence-electron chi connectivity index (χ1n) is 49.2. The Kier molecular flexibility index (Phi) is 53.0. The smallest absolute Gasteiger partial charge is 0.303 e. The van der Waals surface area contributed by atoms with Gasteiger partial charge < -0.3 is 70.1 Å². The Hall–Kier alpha value is -7.83. The van der Waals surface area contributed by atoms with E-state index >= 15 is 0 Å². The number of aliphatic hydroxyl groups excluding tert-OH is 2. The van der Waals surface area contributed by atoms with Crippen molar-refractivity contribution < 1.29 is 75.7 Å². The van der Waals surface area contributed by atoms with Crippen molar-refractivity contribution in [3.05, 3.63) is 207 Å². The highest BCUT2D eigenvalue weighted by Gasteiger charge is 2.51. The van der Waals surface area contributed by atoms with Crippen LogP contribution in [0.25, 0.3) is 22.2 Å². The van der Waals surface area contributed by atoms with Crippen molar-refractivity contribution in [1.82, 2.24) is 69.6 Å². The lowest BCUT2D eigenvalue weighted by molar-refractivity contribution is -0.149. The van der Waals surface area contributed by atoms with Crippen LogP contribution in [0.1, 0.15) is 170 Å². The monoisotopic (exact) mass is 2270 g/mol. The normalized spacial score (nSPS) is 20.1. The van der Waals surface area contributed by atoms with Crippen molar-refractivity contribution in [2.45, 2.75) is 202 Å². The summed E-state index contributed by atoms with van der Waals surface area (Å²) in [5.74, 6) is -0.930. The number of allylic oxidation sites excluding steroid dienone is 5. The third-order valence-electron chi connectivity index (χ3n) is 26.7. The molecular formula is C92H123B22ClI2N16O16S. The van der Waals surface area contributed by atoms with Gasteiger partial charge in [0.15, 0.2) is 28.5 Å². The summed E-state index contributed by atoms with van der Waals surface area (Å²) < 4.78 is 53.8. The molecule has 12 atom stereocenters. The van der Waals surface area contributed by atoms with Gasteiger partial charge in [-0.15, -0.1) is 44.7 Å². The Morgan fingerprint density at radius 3 is 2.05 bits per heavy atom. The number of amides is 2. The first-order valence-corrected chi connectivity index (χ1v) is 53.9. The fourth-order valence-corrected chi connectivity index (χ4v) is 21.7. The molecule has 7 heterocycles. The molecule has 6 aromatic heterocycles. The van der Waals surface area contributed by atoms with Gasteiger partial charge in [-0.05, 0) is 153 Å². The predicted molar refractivity (Wildman–Crippen MR) is 637 cm³/mol. The van der Waals surface area contributed by atoms with Crippen molar-refractivity contribution in [3.63, 3.8) is 0 Å². The van der Waals surface area contributed by atoms with E-state index < -0.39 is 122 Å². The summed E-state index contributed by atoms with van der Waals surface area (Å²) in [6.45, 7) is 17.8. The minimum absolute atomic E-state index is 0. The van der Waals surface area contributed by atoms with E-state index in [-0.39, 0.29) is 111 Å². The average Bonchev–Trinajstić information content (AvgIpc) is 1.58. The van der Waals surface area contributed by atoms with Crippen molar-refractivity contribution in [1.29, 1.82) is 0 Å². The molecule has 1 fully saturated rings. The Morgan fingerprint density at radius 1 is 0.800 bits per heavy atom. The van der Waals surface area contributed by atoms with Gasteiger partial charge in [0.25, 0.3) is 21.9 Å². The van der Waals surface area contributed by atoms with Crippen LogP contribution in [0.3, 0.4) is 0 Å². The number of aliphatic hydroxyl groups is 2. The van der Waals surface area contributed by atoms with Crippen LogP contribution in [0.15, 0.2) is 163 Å². The van der Waals surface area contributed by atoms with Crippen LogP contribution < -0.4 is 26.4 Å². The fraction of sp³-hybridized carbons (Fsp3) is 0.478. The van der Waals surface area contributed by atoms with Crippen LogP contribution in [0.5, 0.6) is 5.75 Å². The number of esters is 1. The second kappa shape index (κ2) is 61.6. The molecule has 2 aromatic carbocycles. The molecule has 150 heavy (non-hydrogen) atoms. The number of nitrogens with zero attached hydrogens (tertiary/aromatic N) is 12. The minimum atomic E-state index is -3.53. The number of anilines is 2. The molecule has 2 amide bonds. The van der Waals surface area contributed by atoms with E-state index in [1.165, 1.54) is 56.9 Å². The molecule has 8 N–H and O–H groups in total. The summed E-state index contributed by atoms with van der Waals surface area (Å²) in [4.78, 5) is 113. The quantitative estimate of drug-likeness (QED) is 0.00392. The molecule has 4 aliphatic rings. The molecule has 760 valence electrons. The predicted octanol–water partition coefficient (Wildman–Crippen LogP) is 5.11. The van der Waals surface area contributed by atoms with Crippen LogP contribution in [0, 0.1) is 37.5 Å². The number of methoxy groups -OCH3 is 3. The summed E-state index contributed by atoms with van der Waals surface area (Å²) in [6.07, 6.45) is 16.1. The highest BCUT2D eigenvalue weighted by molar-refractivity contribution is 14.3. The van der Waals surface area contributed by atoms with Gasteiger partial charge in [-0.25, -0.2) is 19.9 Å². The number of carbonyl (C=O) groups excluding carboxylic acids is 6. The molecule has 8 aromatic rings. The number of rotatable bonds is 36. The molecule has 0 spiro atoms. The lowest BCUT2D eigenvalue weighted by atomic mass is 8.39. The van der Waals surface area contributed by atoms with E-state index in [9.17, 15) is 52.6 Å². The first-order chi connectivity index (χ1) is 70.3. The van der Waals surface area contributed by atoms with Crippen LogP contribution in [0.2, 0.25) is 5.15 Å². The number of hydrogen-bond acceptors (Lipinski definition) is 28. The maximum absolute atomic E-state index is 13.7. The third kappa shape index (κ3) is 37.5. The lowest BCUT2D eigenvalue weighted by Gasteiger charge is -2.44. The molecule has 58 heteroatoms. The highest BCUT2D eigenvalue weighted by atomic mass is 127. The molecule has 0 saturated heterocycles. The second-order valence-electron chi connectivity index (χ2n) is 39.1. The second-order valence-corrected chi connectivity index (χ2v) is 46.1. The Labute approximate surface area is 935 Å². The average molecular weight is 2270 g/mol. The number of Topliss-reactive ketones (excluding diaryl/α,β-unsaturated/α-hetero) is 2. The van der Waals surface area contributed by atoms with Gasteiger partial charge in [0, 0.05) is 266 Å². The number of nitrogens with two attached hydrogens (primary N) is 1. The largest absolute Gasteiger partial charge is 0.496 e. The highest BCUT2D eigenvalue weighted by Crippen LogP contribution is 2.41. The number of hydrogen-bond donors (Lipinski definition) is 7. The number of carbonyl (C=O) groups is 6. The van der Waals surface area contributed by atoms with Gasteiger partial charge in [0.2, 0.25) is 14.0 Å². The van der Waals surface area contributed by atoms with Crippen molar-refractivity contribution in [2.24, 2.45) is 23.7 Å². The van der Waals surface area contributed by atoms with Crippen LogP contribution in [-0.2, 0) is 71.9 Å².